The number of rotatable bonds is 5. The van der Waals surface area contributed by atoms with Gasteiger partial charge in [-0.1, -0.05) is 0 Å². The molecule has 0 saturated heterocycles. The van der Waals surface area contributed by atoms with E-state index in [4.69, 9.17) is 0 Å². The monoisotopic (exact) mass is 228 g/mol. The van der Waals surface area contributed by atoms with E-state index in [1.165, 1.54) is 13.3 Å². The summed E-state index contributed by atoms with van der Waals surface area (Å²) >= 11 is 0. The van der Waals surface area contributed by atoms with Crippen molar-refractivity contribution >= 4 is 5.91 Å². The molecule has 88 valence electrons. The largest absolute Gasteiger partial charge is 0.389 e. The Morgan fingerprint density at radius 3 is 3.06 bits per heavy atom. The Labute approximate surface area is 92.3 Å². The highest BCUT2D eigenvalue weighted by atomic mass is 19.1. The molecular formula is C10H13FN2O3. The second-order valence-electron chi connectivity index (χ2n) is 3.21. The van der Waals surface area contributed by atoms with Gasteiger partial charge in [-0.15, -0.1) is 0 Å². The number of methoxy groups -OCH3 is 1. The summed E-state index contributed by atoms with van der Waals surface area (Å²) in [7, 11) is 1.45. The quantitative estimate of drug-likeness (QED) is 0.741. The zero-order valence-electron chi connectivity index (χ0n) is 8.81. The van der Waals surface area contributed by atoms with Crippen LogP contribution in [0.5, 0.6) is 0 Å². The van der Waals surface area contributed by atoms with Gasteiger partial charge in [0, 0.05) is 19.9 Å². The maximum absolute atomic E-state index is 12.7. The number of pyridine rings is 1. The molecule has 0 spiro atoms. The van der Waals surface area contributed by atoms with Crippen LogP contribution in [-0.4, -0.2) is 42.4 Å². The molecule has 0 bridgehead atoms. The number of hydrogen-bond donors (Lipinski definition) is 2. The van der Waals surface area contributed by atoms with E-state index in [-0.39, 0.29) is 18.7 Å². The maximum Gasteiger partial charge on any atom is 0.253 e. The molecule has 0 aliphatic heterocycles. The van der Waals surface area contributed by atoms with Gasteiger partial charge in [-0.05, 0) is 6.07 Å². The number of carbonyl (C=O) groups is 1. The first-order chi connectivity index (χ1) is 7.63. The normalized spacial score (nSPS) is 12.2. The Hall–Kier alpha value is -1.53. The van der Waals surface area contributed by atoms with Gasteiger partial charge in [-0.2, -0.15) is 0 Å². The van der Waals surface area contributed by atoms with E-state index in [0.29, 0.717) is 0 Å². The summed E-state index contributed by atoms with van der Waals surface area (Å²) in [6.45, 7) is 0.171. The number of aliphatic hydroxyl groups excluding tert-OH is 1. The Kier molecular flexibility index (Phi) is 4.81. The first-order valence-corrected chi connectivity index (χ1v) is 4.69. The van der Waals surface area contributed by atoms with Crippen molar-refractivity contribution in [2.75, 3.05) is 20.3 Å². The van der Waals surface area contributed by atoms with Gasteiger partial charge in [0.2, 0.25) is 0 Å². The average Bonchev–Trinajstić information content (AvgIpc) is 2.26. The zero-order valence-corrected chi connectivity index (χ0v) is 8.81. The summed E-state index contributed by atoms with van der Waals surface area (Å²) < 4.78 is 17.4. The minimum atomic E-state index is -0.782. The summed E-state index contributed by atoms with van der Waals surface area (Å²) in [6, 6.07) is 1.07. The van der Waals surface area contributed by atoms with Crippen LogP contribution in [0.2, 0.25) is 0 Å². The number of hydrogen-bond acceptors (Lipinski definition) is 4. The van der Waals surface area contributed by atoms with Crippen LogP contribution in [0.25, 0.3) is 0 Å². The molecule has 1 rings (SSSR count). The first kappa shape index (κ1) is 12.5. The smallest absolute Gasteiger partial charge is 0.253 e. The lowest BCUT2D eigenvalue weighted by atomic mass is 10.2. The van der Waals surface area contributed by atoms with E-state index >= 15 is 0 Å². The Morgan fingerprint density at radius 1 is 1.69 bits per heavy atom. The standard InChI is InChI=1S/C10H13FN2O3/c1-16-6-9(14)5-13-10(15)7-2-8(11)4-12-3-7/h2-4,9,14H,5-6H2,1H3,(H,13,15). The lowest BCUT2D eigenvalue weighted by Gasteiger charge is -2.10. The lowest BCUT2D eigenvalue weighted by molar-refractivity contribution is 0.0609. The molecule has 1 aromatic rings. The molecule has 1 aromatic heterocycles. The van der Waals surface area contributed by atoms with E-state index in [1.807, 2.05) is 0 Å². The van der Waals surface area contributed by atoms with Gasteiger partial charge in [-0.3, -0.25) is 9.78 Å². The van der Waals surface area contributed by atoms with Crippen molar-refractivity contribution in [2.24, 2.45) is 0 Å². The predicted octanol–water partition coefficient (Wildman–Crippen LogP) is -0.0422. The fourth-order valence-corrected chi connectivity index (χ4v) is 1.10. The van der Waals surface area contributed by atoms with Crippen molar-refractivity contribution in [3.63, 3.8) is 0 Å². The highest BCUT2D eigenvalue weighted by Gasteiger charge is 2.09. The minimum Gasteiger partial charge on any atom is -0.389 e. The van der Waals surface area contributed by atoms with Gasteiger partial charge in [-0.25, -0.2) is 4.39 Å². The molecule has 1 unspecified atom stereocenters. The second kappa shape index (κ2) is 6.14. The maximum atomic E-state index is 12.7. The number of nitrogens with one attached hydrogen (secondary N) is 1. The third-order valence-electron chi connectivity index (χ3n) is 1.82. The van der Waals surface area contributed by atoms with Crippen LogP contribution < -0.4 is 5.32 Å². The van der Waals surface area contributed by atoms with Crippen LogP contribution in [-0.2, 0) is 4.74 Å². The number of aliphatic hydroxyl groups is 1. The van der Waals surface area contributed by atoms with Crippen molar-refractivity contribution in [3.8, 4) is 0 Å². The number of halogens is 1. The molecule has 0 fully saturated rings. The van der Waals surface area contributed by atoms with Gasteiger partial charge >= 0.3 is 0 Å². The fourth-order valence-electron chi connectivity index (χ4n) is 1.10. The van der Waals surface area contributed by atoms with Crippen molar-refractivity contribution in [3.05, 3.63) is 29.8 Å². The van der Waals surface area contributed by atoms with Crippen molar-refractivity contribution < 1.29 is 19.0 Å². The van der Waals surface area contributed by atoms with Crippen molar-refractivity contribution in [2.45, 2.75) is 6.10 Å². The van der Waals surface area contributed by atoms with Gasteiger partial charge in [0.25, 0.3) is 5.91 Å². The predicted molar refractivity (Wildman–Crippen MR) is 54.4 cm³/mol. The highest BCUT2D eigenvalue weighted by molar-refractivity contribution is 5.93. The van der Waals surface area contributed by atoms with Crippen LogP contribution >= 0.6 is 0 Å². The van der Waals surface area contributed by atoms with Crippen molar-refractivity contribution in [1.82, 2.24) is 10.3 Å². The number of nitrogens with zero attached hydrogens (tertiary/aromatic N) is 1. The van der Waals surface area contributed by atoms with Crippen LogP contribution in [0.15, 0.2) is 18.5 Å². The average molecular weight is 228 g/mol. The van der Waals surface area contributed by atoms with Gasteiger partial charge in [0.05, 0.1) is 24.5 Å². The van der Waals surface area contributed by atoms with Crippen LogP contribution in [0.4, 0.5) is 4.39 Å². The van der Waals surface area contributed by atoms with Gasteiger partial charge in [0.1, 0.15) is 5.82 Å². The molecule has 0 radical (unpaired) electrons. The molecular weight excluding hydrogens is 215 g/mol. The molecule has 0 saturated carbocycles. The van der Waals surface area contributed by atoms with Crippen LogP contribution in [0.1, 0.15) is 10.4 Å². The summed E-state index contributed by atoms with van der Waals surface area (Å²) in [5, 5.41) is 11.7. The third-order valence-corrected chi connectivity index (χ3v) is 1.82. The number of aromatic nitrogens is 1. The summed E-state index contributed by atoms with van der Waals surface area (Å²) in [5.74, 6) is -1.06. The van der Waals surface area contributed by atoms with E-state index in [2.05, 4.69) is 15.0 Å². The Morgan fingerprint density at radius 2 is 2.44 bits per heavy atom. The summed E-state index contributed by atoms with van der Waals surface area (Å²) in [4.78, 5) is 15.0. The Bertz CT molecular complexity index is 360. The molecule has 1 atom stereocenters. The van der Waals surface area contributed by atoms with Gasteiger partial charge < -0.3 is 15.2 Å². The van der Waals surface area contributed by atoms with Gasteiger partial charge in [0.15, 0.2) is 0 Å². The fraction of sp³-hybridized carbons (Fsp3) is 0.400. The molecule has 2 N–H and O–H groups in total. The molecule has 6 heteroatoms. The van der Waals surface area contributed by atoms with E-state index in [0.717, 1.165) is 12.3 Å². The number of ether oxygens (including phenoxy) is 1. The second-order valence-corrected chi connectivity index (χ2v) is 3.21. The van der Waals surface area contributed by atoms with E-state index in [9.17, 15) is 14.3 Å². The topological polar surface area (TPSA) is 71.5 Å². The van der Waals surface area contributed by atoms with Crippen molar-refractivity contribution in [1.29, 1.82) is 0 Å². The van der Waals surface area contributed by atoms with E-state index < -0.39 is 17.8 Å². The lowest BCUT2D eigenvalue weighted by Crippen LogP contribution is -2.34. The molecule has 1 amide bonds. The molecule has 0 aliphatic rings. The number of amides is 1. The molecule has 16 heavy (non-hydrogen) atoms. The first-order valence-electron chi connectivity index (χ1n) is 4.69. The minimum absolute atomic E-state index is 0.0448. The third kappa shape index (κ3) is 3.92. The zero-order chi connectivity index (χ0) is 12.0. The van der Waals surface area contributed by atoms with Crippen LogP contribution in [0, 0.1) is 5.82 Å². The number of carbonyl (C=O) groups excluding carboxylic acids is 1. The van der Waals surface area contributed by atoms with Crippen LogP contribution in [0.3, 0.4) is 0 Å². The molecule has 5 nitrogen and oxygen atoms in total. The summed E-state index contributed by atoms with van der Waals surface area (Å²) in [5.41, 5.74) is 0.115. The highest BCUT2D eigenvalue weighted by Crippen LogP contribution is 2.00. The summed E-state index contributed by atoms with van der Waals surface area (Å²) in [6.07, 6.45) is 1.48. The van der Waals surface area contributed by atoms with E-state index in [1.54, 1.807) is 0 Å². The molecule has 1 heterocycles. The SMILES string of the molecule is COCC(O)CNC(=O)c1cncc(F)c1. The molecule has 0 aromatic carbocycles. The Balaban J connectivity index is 2.47. The molecule has 0 aliphatic carbocycles.